The second kappa shape index (κ2) is 5.32. The third-order valence-electron chi connectivity index (χ3n) is 3.28. The van der Waals surface area contributed by atoms with Gasteiger partial charge in [-0.2, -0.15) is 5.10 Å². The van der Waals surface area contributed by atoms with Crippen molar-refractivity contribution in [3.8, 4) is 17.2 Å². The Kier molecular flexibility index (Phi) is 3.37. The SMILES string of the molecule is COc1ccccc1Oc1cnn(C2CCNC2)c1. The molecular formula is C14H17N3O2. The minimum absolute atomic E-state index is 0.426. The average Bonchev–Trinajstić information content (AvgIpc) is 3.09. The van der Waals surface area contributed by atoms with Crippen LogP contribution in [0.1, 0.15) is 12.5 Å². The van der Waals surface area contributed by atoms with Crippen LogP contribution in [0.5, 0.6) is 17.2 Å². The maximum absolute atomic E-state index is 5.81. The Morgan fingerprint density at radius 3 is 2.89 bits per heavy atom. The predicted octanol–water partition coefficient (Wildman–Crippen LogP) is 2.22. The van der Waals surface area contributed by atoms with E-state index < -0.39 is 0 Å². The lowest BCUT2D eigenvalue weighted by Crippen LogP contribution is -2.13. The van der Waals surface area contributed by atoms with Crippen LogP contribution in [0.25, 0.3) is 0 Å². The number of ether oxygens (including phenoxy) is 2. The highest BCUT2D eigenvalue weighted by molar-refractivity contribution is 5.41. The zero-order valence-electron chi connectivity index (χ0n) is 10.9. The van der Waals surface area contributed by atoms with Gasteiger partial charge >= 0.3 is 0 Å². The van der Waals surface area contributed by atoms with Gasteiger partial charge in [-0.15, -0.1) is 0 Å². The molecule has 0 saturated carbocycles. The Balaban J connectivity index is 1.76. The third kappa shape index (κ3) is 2.56. The molecule has 5 nitrogen and oxygen atoms in total. The first kappa shape index (κ1) is 12.0. The second-order valence-electron chi connectivity index (χ2n) is 4.56. The van der Waals surface area contributed by atoms with Crippen molar-refractivity contribution < 1.29 is 9.47 Å². The number of hydrogen-bond acceptors (Lipinski definition) is 4. The number of nitrogens with zero attached hydrogens (tertiary/aromatic N) is 2. The quantitative estimate of drug-likeness (QED) is 0.914. The van der Waals surface area contributed by atoms with Gasteiger partial charge in [-0.1, -0.05) is 12.1 Å². The molecule has 2 heterocycles. The summed E-state index contributed by atoms with van der Waals surface area (Å²) in [4.78, 5) is 0. The molecule has 1 fully saturated rings. The van der Waals surface area contributed by atoms with Crippen molar-refractivity contribution in [2.75, 3.05) is 20.2 Å². The smallest absolute Gasteiger partial charge is 0.169 e. The van der Waals surface area contributed by atoms with Crippen molar-refractivity contribution in [1.82, 2.24) is 15.1 Å². The average molecular weight is 259 g/mol. The molecule has 100 valence electrons. The van der Waals surface area contributed by atoms with Crippen molar-refractivity contribution in [2.45, 2.75) is 12.5 Å². The van der Waals surface area contributed by atoms with E-state index in [1.54, 1.807) is 13.3 Å². The number of rotatable bonds is 4. The van der Waals surface area contributed by atoms with E-state index in [1.807, 2.05) is 35.1 Å². The van der Waals surface area contributed by atoms with Crippen LogP contribution in [0.4, 0.5) is 0 Å². The van der Waals surface area contributed by atoms with Crippen molar-refractivity contribution in [3.63, 3.8) is 0 Å². The summed E-state index contributed by atoms with van der Waals surface area (Å²) in [5.41, 5.74) is 0. The van der Waals surface area contributed by atoms with Gasteiger partial charge in [0.25, 0.3) is 0 Å². The van der Waals surface area contributed by atoms with Gasteiger partial charge in [-0.05, 0) is 25.1 Å². The maximum Gasteiger partial charge on any atom is 0.169 e. The first-order valence-corrected chi connectivity index (χ1v) is 6.42. The summed E-state index contributed by atoms with van der Waals surface area (Å²) in [6.07, 6.45) is 4.78. The van der Waals surface area contributed by atoms with Gasteiger partial charge in [0.15, 0.2) is 17.2 Å². The molecule has 1 aromatic heterocycles. The molecule has 1 saturated heterocycles. The Labute approximate surface area is 112 Å². The number of hydrogen-bond donors (Lipinski definition) is 1. The molecule has 0 bridgehead atoms. The van der Waals surface area contributed by atoms with E-state index in [0.717, 1.165) is 31.0 Å². The zero-order chi connectivity index (χ0) is 13.1. The van der Waals surface area contributed by atoms with Crippen molar-refractivity contribution in [3.05, 3.63) is 36.7 Å². The van der Waals surface area contributed by atoms with Gasteiger partial charge in [0.2, 0.25) is 0 Å². The summed E-state index contributed by atoms with van der Waals surface area (Å²) >= 11 is 0. The topological polar surface area (TPSA) is 48.3 Å². The van der Waals surface area contributed by atoms with Crippen LogP contribution in [0.2, 0.25) is 0 Å². The number of para-hydroxylation sites is 2. The first-order chi connectivity index (χ1) is 9.36. The standard InChI is InChI=1S/C14H17N3O2/c1-18-13-4-2-3-5-14(13)19-12-9-16-17(10-12)11-6-7-15-8-11/h2-5,9-11,15H,6-8H2,1H3. The molecule has 1 aliphatic heterocycles. The van der Waals surface area contributed by atoms with Gasteiger partial charge < -0.3 is 14.8 Å². The molecule has 1 aliphatic rings. The lowest BCUT2D eigenvalue weighted by atomic mass is 10.3. The highest BCUT2D eigenvalue weighted by atomic mass is 16.5. The summed E-state index contributed by atoms with van der Waals surface area (Å²) in [6.45, 7) is 2.02. The molecule has 1 aromatic carbocycles. The number of methoxy groups -OCH3 is 1. The van der Waals surface area contributed by atoms with Gasteiger partial charge in [-0.25, -0.2) is 0 Å². The van der Waals surface area contributed by atoms with E-state index in [2.05, 4.69) is 10.4 Å². The minimum Gasteiger partial charge on any atom is -0.493 e. The molecule has 0 radical (unpaired) electrons. The molecule has 0 spiro atoms. The van der Waals surface area contributed by atoms with E-state index in [9.17, 15) is 0 Å². The Morgan fingerprint density at radius 2 is 2.16 bits per heavy atom. The lowest BCUT2D eigenvalue weighted by Gasteiger charge is -2.09. The Hall–Kier alpha value is -2.01. The normalized spacial score (nSPS) is 18.5. The fourth-order valence-electron chi connectivity index (χ4n) is 2.27. The summed E-state index contributed by atoms with van der Waals surface area (Å²) < 4.78 is 13.0. The van der Waals surface area contributed by atoms with Crippen LogP contribution in [0, 0.1) is 0 Å². The summed E-state index contributed by atoms with van der Waals surface area (Å²) in [5.74, 6) is 2.16. The molecule has 0 aliphatic carbocycles. The summed E-state index contributed by atoms with van der Waals surface area (Å²) in [6, 6.07) is 8.02. The first-order valence-electron chi connectivity index (χ1n) is 6.42. The summed E-state index contributed by atoms with van der Waals surface area (Å²) in [5, 5.41) is 7.69. The highest BCUT2D eigenvalue weighted by Gasteiger charge is 2.17. The van der Waals surface area contributed by atoms with Crippen molar-refractivity contribution in [1.29, 1.82) is 0 Å². The predicted molar refractivity (Wildman–Crippen MR) is 71.8 cm³/mol. The third-order valence-corrected chi connectivity index (χ3v) is 3.28. The molecule has 1 unspecified atom stereocenters. The minimum atomic E-state index is 0.426. The van der Waals surface area contributed by atoms with Crippen LogP contribution in [-0.4, -0.2) is 30.0 Å². The van der Waals surface area contributed by atoms with Crippen LogP contribution >= 0.6 is 0 Å². The van der Waals surface area contributed by atoms with Gasteiger partial charge in [0.05, 0.1) is 25.5 Å². The van der Waals surface area contributed by atoms with Crippen molar-refractivity contribution in [2.24, 2.45) is 0 Å². The largest absolute Gasteiger partial charge is 0.493 e. The molecule has 3 rings (SSSR count). The highest BCUT2D eigenvalue weighted by Crippen LogP contribution is 2.31. The molecule has 0 amide bonds. The molecule has 1 atom stereocenters. The van der Waals surface area contributed by atoms with Gasteiger partial charge in [0.1, 0.15) is 0 Å². The van der Waals surface area contributed by atoms with E-state index in [4.69, 9.17) is 9.47 Å². The van der Waals surface area contributed by atoms with Gasteiger partial charge in [-0.3, -0.25) is 4.68 Å². The molecular weight excluding hydrogens is 242 g/mol. The molecule has 1 N–H and O–H groups in total. The van der Waals surface area contributed by atoms with Crippen LogP contribution < -0.4 is 14.8 Å². The fraction of sp³-hybridized carbons (Fsp3) is 0.357. The molecule has 2 aromatic rings. The zero-order valence-corrected chi connectivity index (χ0v) is 10.9. The van der Waals surface area contributed by atoms with E-state index in [1.165, 1.54) is 0 Å². The molecule has 5 heteroatoms. The van der Waals surface area contributed by atoms with Crippen LogP contribution in [0.15, 0.2) is 36.7 Å². The van der Waals surface area contributed by atoms with Crippen LogP contribution in [-0.2, 0) is 0 Å². The Bertz CT molecular complexity index is 547. The fourth-order valence-corrected chi connectivity index (χ4v) is 2.27. The van der Waals surface area contributed by atoms with E-state index in [0.29, 0.717) is 11.8 Å². The number of nitrogens with one attached hydrogen (secondary N) is 1. The Morgan fingerprint density at radius 1 is 1.32 bits per heavy atom. The van der Waals surface area contributed by atoms with Crippen LogP contribution in [0.3, 0.4) is 0 Å². The molecule has 19 heavy (non-hydrogen) atoms. The lowest BCUT2D eigenvalue weighted by molar-refractivity contribution is 0.378. The maximum atomic E-state index is 5.81. The monoisotopic (exact) mass is 259 g/mol. The number of aromatic nitrogens is 2. The van der Waals surface area contributed by atoms with Crippen molar-refractivity contribution >= 4 is 0 Å². The van der Waals surface area contributed by atoms with Gasteiger partial charge in [0, 0.05) is 6.54 Å². The number of benzene rings is 1. The van der Waals surface area contributed by atoms with E-state index in [-0.39, 0.29) is 0 Å². The second-order valence-corrected chi connectivity index (χ2v) is 4.56. The van der Waals surface area contributed by atoms with E-state index >= 15 is 0 Å². The summed E-state index contributed by atoms with van der Waals surface area (Å²) in [7, 11) is 1.63.